The molecule has 200 valence electrons. The standard InChI is InChI=1S/C31H32FN5O2/c32-27-7-6-26(30(18-27)25-5-1-3-23(17-25)21-37-15-13-33-14-16-37)22-39-29-10-8-28(9-11-29)36-31(38)35-20-24-4-2-12-34-19-24/h1-12,17-19,33H,13-16,20-22H2,(H2,35,36,38). The molecule has 1 aromatic heterocycles. The predicted molar refractivity (Wildman–Crippen MR) is 151 cm³/mol. The molecule has 3 aromatic carbocycles. The maximum atomic E-state index is 14.3. The van der Waals surface area contributed by atoms with Crippen LogP contribution in [0.25, 0.3) is 11.1 Å². The number of urea groups is 1. The molecule has 5 rings (SSSR count). The van der Waals surface area contributed by atoms with Crippen LogP contribution in [0, 0.1) is 5.82 Å². The molecule has 0 atom stereocenters. The number of pyridine rings is 1. The molecule has 2 heterocycles. The van der Waals surface area contributed by atoms with E-state index >= 15 is 0 Å². The molecule has 4 aromatic rings. The zero-order chi connectivity index (χ0) is 26.9. The summed E-state index contributed by atoms with van der Waals surface area (Å²) in [6.45, 7) is 5.60. The Kier molecular flexibility index (Phi) is 8.78. The summed E-state index contributed by atoms with van der Waals surface area (Å²) in [4.78, 5) is 18.7. The van der Waals surface area contributed by atoms with Crippen LogP contribution in [0.15, 0.2) is 91.3 Å². The average Bonchev–Trinajstić information content (AvgIpc) is 2.97. The van der Waals surface area contributed by atoms with Crippen molar-refractivity contribution in [3.63, 3.8) is 0 Å². The van der Waals surface area contributed by atoms with Crippen molar-refractivity contribution in [2.24, 2.45) is 0 Å². The third-order valence-electron chi connectivity index (χ3n) is 6.61. The van der Waals surface area contributed by atoms with Gasteiger partial charge in [-0.05, 0) is 76.3 Å². The maximum Gasteiger partial charge on any atom is 0.319 e. The van der Waals surface area contributed by atoms with Crippen LogP contribution in [-0.2, 0) is 19.7 Å². The van der Waals surface area contributed by atoms with Crippen LogP contribution >= 0.6 is 0 Å². The number of aromatic nitrogens is 1. The smallest absolute Gasteiger partial charge is 0.319 e. The van der Waals surface area contributed by atoms with Gasteiger partial charge in [0.15, 0.2) is 0 Å². The molecule has 1 aliphatic rings. The fourth-order valence-corrected chi connectivity index (χ4v) is 4.56. The average molecular weight is 526 g/mol. The molecule has 7 nitrogen and oxygen atoms in total. The number of rotatable bonds is 9. The van der Waals surface area contributed by atoms with Crippen LogP contribution in [-0.4, -0.2) is 42.1 Å². The van der Waals surface area contributed by atoms with Crippen molar-refractivity contribution in [3.05, 3.63) is 114 Å². The van der Waals surface area contributed by atoms with Gasteiger partial charge in [-0.15, -0.1) is 0 Å². The van der Waals surface area contributed by atoms with Crippen molar-refractivity contribution in [1.29, 1.82) is 0 Å². The molecule has 2 amide bonds. The van der Waals surface area contributed by atoms with Crippen LogP contribution < -0.4 is 20.7 Å². The number of anilines is 1. The van der Waals surface area contributed by atoms with E-state index in [-0.39, 0.29) is 18.5 Å². The van der Waals surface area contributed by atoms with Gasteiger partial charge in [0.2, 0.25) is 0 Å². The molecule has 8 heteroatoms. The van der Waals surface area contributed by atoms with Gasteiger partial charge in [-0.25, -0.2) is 9.18 Å². The van der Waals surface area contributed by atoms with Crippen molar-refractivity contribution < 1.29 is 13.9 Å². The number of amides is 2. The largest absolute Gasteiger partial charge is 0.489 e. The number of carbonyl (C=O) groups is 1. The molecule has 1 saturated heterocycles. The van der Waals surface area contributed by atoms with Gasteiger partial charge in [-0.2, -0.15) is 0 Å². The first-order chi connectivity index (χ1) is 19.1. The summed E-state index contributed by atoms with van der Waals surface area (Å²) in [5, 5.41) is 8.99. The molecule has 0 saturated carbocycles. The van der Waals surface area contributed by atoms with Crippen LogP contribution in [0.2, 0.25) is 0 Å². The third kappa shape index (κ3) is 7.63. The van der Waals surface area contributed by atoms with Crippen LogP contribution in [0.5, 0.6) is 5.75 Å². The molecule has 1 fully saturated rings. The summed E-state index contributed by atoms with van der Waals surface area (Å²) in [6, 6.07) is 23.7. The third-order valence-corrected chi connectivity index (χ3v) is 6.61. The number of piperazine rings is 1. The van der Waals surface area contributed by atoms with E-state index in [1.807, 2.05) is 24.3 Å². The second-order valence-corrected chi connectivity index (χ2v) is 9.51. The highest BCUT2D eigenvalue weighted by atomic mass is 19.1. The van der Waals surface area contributed by atoms with Crippen LogP contribution in [0.3, 0.4) is 0 Å². The lowest BCUT2D eigenvalue weighted by Gasteiger charge is -2.27. The Balaban J connectivity index is 1.19. The van der Waals surface area contributed by atoms with Crippen molar-refractivity contribution >= 4 is 11.7 Å². The van der Waals surface area contributed by atoms with Gasteiger partial charge in [-0.1, -0.05) is 30.3 Å². The molecule has 3 N–H and O–H groups in total. The molecule has 0 radical (unpaired) electrons. The quantitative estimate of drug-likeness (QED) is 0.280. The molecule has 0 spiro atoms. The Bertz CT molecular complexity index is 1380. The minimum Gasteiger partial charge on any atom is -0.489 e. The van der Waals surface area contributed by atoms with Crippen LogP contribution in [0.1, 0.15) is 16.7 Å². The number of benzene rings is 3. The van der Waals surface area contributed by atoms with Crippen molar-refractivity contribution in [2.45, 2.75) is 19.7 Å². The van der Waals surface area contributed by atoms with E-state index in [0.29, 0.717) is 18.0 Å². The summed E-state index contributed by atoms with van der Waals surface area (Å²) in [5.74, 6) is 0.373. The highest BCUT2D eigenvalue weighted by Crippen LogP contribution is 2.28. The Hall–Kier alpha value is -4.27. The summed E-state index contributed by atoms with van der Waals surface area (Å²) >= 11 is 0. The van der Waals surface area contributed by atoms with Gasteiger partial charge in [0, 0.05) is 57.3 Å². The highest BCUT2D eigenvalue weighted by molar-refractivity contribution is 5.89. The lowest BCUT2D eigenvalue weighted by atomic mass is 9.98. The van der Waals surface area contributed by atoms with Crippen molar-refractivity contribution in [1.82, 2.24) is 20.5 Å². The number of nitrogens with zero attached hydrogens (tertiary/aromatic N) is 2. The minimum atomic E-state index is -0.303. The number of ether oxygens (including phenoxy) is 1. The van der Waals surface area contributed by atoms with Gasteiger partial charge in [0.25, 0.3) is 0 Å². The second kappa shape index (κ2) is 13.0. The zero-order valence-electron chi connectivity index (χ0n) is 21.7. The van der Waals surface area contributed by atoms with E-state index in [1.165, 1.54) is 11.6 Å². The minimum absolute atomic E-state index is 0.279. The number of hydrogen-bond acceptors (Lipinski definition) is 5. The lowest BCUT2D eigenvalue weighted by molar-refractivity contribution is 0.233. The first-order valence-corrected chi connectivity index (χ1v) is 13.1. The molecule has 39 heavy (non-hydrogen) atoms. The fraction of sp³-hybridized carbons (Fsp3) is 0.226. The number of nitrogens with one attached hydrogen (secondary N) is 3. The van der Waals surface area contributed by atoms with E-state index in [4.69, 9.17) is 4.74 Å². The normalized spacial score (nSPS) is 13.6. The molecule has 1 aliphatic heterocycles. The molecule has 0 aliphatic carbocycles. The Morgan fingerprint density at radius 1 is 0.974 bits per heavy atom. The Morgan fingerprint density at radius 2 is 1.79 bits per heavy atom. The summed E-state index contributed by atoms with van der Waals surface area (Å²) < 4.78 is 20.3. The summed E-state index contributed by atoms with van der Waals surface area (Å²) in [6.07, 6.45) is 3.40. The number of halogens is 1. The summed E-state index contributed by atoms with van der Waals surface area (Å²) in [5.41, 5.74) is 5.46. The predicted octanol–water partition coefficient (Wildman–Crippen LogP) is 5.19. The monoisotopic (exact) mass is 525 g/mol. The SMILES string of the molecule is O=C(NCc1cccnc1)Nc1ccc(OCc2ccc(F)cc2-c2cccc(CN3CCNCC3)c2)cc1. The van der Waals surface area contributed by atoms with E-state index in [0.717, 1.165) is 55.0 Å². The first kappa shape index (κ1) is 26.3. The highest BCUT2D eigenvalue weighted by Gasteiger charge is 2.12. The fourth-order valence-electron chi connectivity index (χ4n) is 4.56. The van der Waals surface area contributed by atoms with Gasteiger partial charge >= 0.3 is 6.03 Å². The van der Waals surface area contributed by atoms with Gasteiger partial charge in [0.1, 0.15) is 18.2 Å². The molecular formula is C31H32FN5O2. The van der Waals surface area contributed by atoms with Crippen LogP contribution in [0.4, 0.5) is 14.9 Å². The maximum absolute atomic E-state index is 14.3. The van der Waals surface area contributed by atoms with E-state index in [9.17, 15) is 9.18 Å². The van der Waals surface area contributed by atoms with Crippen molar-refractivity contribution in [3.8, 4) is 16.9 Å². The van der Waals surface area contributed by atoms with Crippen molar-refractivity contribution in [2.75, 3.05) is 31.5 Å². The lowest BCUT2D eigenvalue weighted by Crippen LogP contribution is -2.42. The van der Waals surface area contributed by atoms with E-state index in [1.54, 1.807) is 48.8 Å². The van der Waals surface area contributed by atoms with Gasteiger partial charge in [-0.3, -0.25) is 9.88 Å². The first-order valence-electron chi connectivity index (χ1n) is 13.1. The molecule has 0 bridgehead atoms. The van der Waals surface area contributed by atoms with E-state index < -0.39 is 0 Å². The summed E-state index contributed by atoms with van der Waals surface area (Å²) in [7, 11) is 0. The van der Waals surface area contributed by atoms with Gasteiger partial charge in [0.05, 0.1) is 0 Å². The topological polar surface area (TPSA) is 78.5 Å². The second-order valence-electron chi connectivity index (χ2n) is 9.51. The Morgan fingerprint density at radius 3 is 2.59 bits per heavy atom. The van der Waals surface area contributed by atoms with E-state index in [2.05, 4.69) is 38.0 Å². The van der Waals surface area contributed by atoms with Gasteiger partial charge < -0.3 is 20.7 Å². The molecule has 0 unspecified atom stereocenters. The molecular weight excluding hydrogens is 493 g/mol. The number of carbonyl (C=O) groups excluding carboxylic acids is 1. The Labute approximate surface area is 228 Å². The number of hydrogen-bond donors (Lipinski definition) is 3. The zero-order valence-corrected chi connectivity index (χ0v) is 21.7.